The minimum Gasteiger partial charge on any atom is -0.444 e. The lowest BCUT2D eigenvalue weighted by Gasteiger charge is -2.29. The molecule has 0 aromatic heterocycles. The Hall–Kier alpha value is -2.85. The topological polar surface area (TPSA) is 143 Å². The van der Waals surface area contributed by atoms with E-state index in [0.29, 0.717) is 19.6 Å². The predicted molar refractivity (Wildman–Crippen MR) is 119 cm³/mol. The van der Waals surface area contributed by atoms with Crippen molar-refractivity contribution in [1.29, 1.82) is 0 Å². The number of carbonyl (C=O) groups excluding carboxylic acids is 3. The predicted octanol–water partition coefficient (Wildman–Crippen LogP) is 2.06. The zero-order valence-corrected chi connectivity index (χ0v) is 19.3. The quantitative estimate of drug-likeness (QED) is 0.398. The average molecular weight is 453 g/mol. The van der Waals surface area contributed by atoms with Gasteiger partial charge in [-0.3, -0.25) is 9.63 Å². The molecule has 0 spiro atoms. The summed E-state index contributed by atoms with van der Waals surface area (Å²) in [7, 11) is 0. The average Bonchev–Trinajstić information content (AvgIpc) is 3.01. The summed E-state index contributed by atoms with van der Waals surface area (Å²) in [5, 5.41) is 11.4. The lowest BCUT2D eigenvalue weighted by Crippen LogP contribution is -2.49. The summed E-state index contributed by atoms with van der Waals surface area (Å²) in [4.78, 5) is 39.8. The molecular weight excluding hydrogens is 416 g/mol. The fraction of sp³-hybridized carbons (Fsp3) is 0.591. The number of nitrogens with one attached hydrogen (secondary N) is 2. The molecule has 10 nitrogen and oxygen atoms in total. The lowest BCUT2D eigenvalue weighted by molar-refractivity contribution is -0.138. The van der Waals surface area contributed by atoms with Gasteiger partial charge in [-0.1, -0.05) is 37.3 Å². The van der Waals surface area contributed by atoms with Crippen LogP contribution in [0.25, 0.3) is 0 Å². The minimum atomic E-state index is -0.725. The second kappa shape index (κ2) is 13.5. The monoisotopic (exact) mass is 452 g/mol. The molecule has 1 aromatic carbocycles. The molecule has 0 saturated carbocycles. The van der Waals surface area contributed by atoms with Crippen molar-refractivity contribution in [3.63, 3.8) is 0 Å². The minimum absolute atomic E-state index is 0.140. The Morgan fingerprint density at radius 1 is 1.25 bits per heavy atom. The Balaban J connectivity index is 0.000000270. The van der Waals surface area contributed by atoms with Crippen LogP contribution in [0.2, 0.25) is 0 Å². The van der Waals surface area contributed by atoms with Crippen molar-refractivity contribution >= 4 is 18.0 Å². The molecule has 1 unspecified atom stereocenters. The number of hydroxylamine groups is 1. The van der Waals surface area contributed by atoms with Crippen molar-refractivity contribution in [2.75, 3.05) is 13.2 Å². The molecule has 2 aliphatic rings. The van der Waals surface area contributed by atoms with Crippen molar-refractivity contribution < 1.29 is 29.1 Å². The first-order chi connectivity index (χ1) is 15.1. The summed E-state index contributed by atoms with van der Waals surface area (Å²) in [6, 6.07) is 9.22. The van der Waals surface area contributed by atoms with Crippen LogP contribution < -0.4 is 16.5 Å². The normalized spacial score (nSPS) is 18.9. The van der Waals surface area contributed by atoms with E-state index < -0.39 is 11.7 Å². The van der Waals surface area contributed by atoms with Gasteiger partial charge >= 0.3 is 12.1 Å². The standard InChI is InChI=1S/C10H17N3O3.C7H8O.C5H11NO2/c1-2-5-16-12-9(14)8-4-3-7-6-13(8)10(15)11-7;8-6-7-4-2-1-3-5-7;1-5(2,3)8-4(6)7/h7-8H,2-6H2,1H3,(H,11,15)(H,12,14);1-5,8H,6H2;1-3H3,(H2,6,7)/t7?,8-;;/m0../s1. The smallest absolute Gasteiger partial charge is 0.405 e. The molecule has 4 amide bonds. The van der Waals surface area contributed by atoms with Crippen LogP contribution in [0.3, 0.4) is 0 Å². The zero-order chi connectivity index (χ0) is 24.1. The van der Waals surface area contributed by atoms with E-state index in [-0.39, 0.29) is 30.6 Å². The highest BCUT2D eigenvalue weighted by Crippen LogP contribution is 2.22. The van der Waals surface area contributed by atoms with Gasteiger partial charge in [0.1, 0.15) is 11.6 Å². The van der Waals surface area contributed by atoms with E-state index >= 15 is 0 Å². The fourth-order valence-electron chi connectivity index (χ4n) is 3.02. The Labute approximate surface area is 189 Å². The van der Waals surface area contributed by atoms with Gasteiger partial charge in [0.05, 0.1) is 13.2 Å². The number of hydrogen-bond donors (Lipinski definition) is 4. The number of carbonyl (C=O) groups is 3. The van der Waals surface area contributed by atoms with Crippen molar-refractivity contribution in [3.05, 3.63) is 35.9 Å². The van der Waals surface area contributed by atoms with Crippen molar-refractivity contribution in [2.45, 2.75) is 71.2 Å². The SMILES string of the molecule is CC(C)(C)OC(N)=O.CCCONC(=O)[C@@H]1CCC2CN1C(=O)N2.OCc1ccccc1. The largest absolute Gasteiger partial charge is 0.444 e. The Morgan fingerprint density at radius 3 is 2.38 bits per heavy atom. The number of amides is 4. The molecule has 32 heavy (non-hydrogen) atoms. The Kier molecular flexibility index (Phi) is 11.5. The number of nitrogens with zero attached hydrogens (tertiary/aromatic N) is 1. The molecule has 2 heterocycles. The van der Waals surface area contributed by atoms with Crippen LogP contribution in [0.15, 0.2) is 30.3 Å². The Bertz CT molecular complexity index is 723. The lowest BCUT2D eigenvalue weighted by atomic mass is 10.0. The van der Waals surface area contributed by atoms with Crippen LogP contribution in [-0.2, 0) is 21.0 Å². The van der Waals surface area contributed by atoms with E-state index in [4.69, 9.17) is 15.7 Å². The highest BCUT2D eigenvalue weighted by molar-refractivity contribution is 5.88. The van der Waals surface area contributed by atoms with Crippen LogP contribution in [0, 0.1) is 0 Å². The summed E-state index contributed by atoms with van der Waals surface area (Å²) in [6.07, 6.45) is 1.67. The van der Waals surface area contributed by atoms with Gasteiger partial charge in [0.2, 0.25) is 0 Å². The van der Waals surface area contributed by atoms with Gasteiger partial charge in [0.25, 0.3) is 5.91 Å². The number of fused-ring (bicyclic) bond motifs is 2. The summed E-state index contributed by atoms with van der Waals surface area (Å²) in [6.45, 7) is 8.51. The second-order valence-electron chi connectivity index (χ2n) is 8.38. The molecule has 2 fully saturated rings. The number of benzene rings is 1. The number of aliphatic hydroxyl groups is 1. The Morgan fingerprint density at radius 2 is 1.91 bits per heavy atom. The van der Waals surface area contributed by atoms with Crippen LogP contribution >= 0.6 is 0 Å². The third-order valence-electron chi connectivity index (χ3n) is 4.38. The number of ether oxygens (including phenoxy) is 1. The van der Waals surface area contributed by atoms with Gasteiger partial charge in [-0.2, -0.15) is 0 Å². The van der Waals surface area contributed by atoms with Gasteiger partial charge in [-0.25, -0.2) is 15.1 Å². The number of primary amides is 1. The maximum Gasteiger partial charge on any atom is 0.405 e. The molecule has 10 heteroatoms. The molecule has 3 rings (SSSR count). The van der Waals surface area contributed by atoms with Crippen LogP contribution in [0.5, 0.6) is 0 Å². The maximum absolute atomic E-state index is 11.7. The van der Waals surface area contributed by atoms with Gasteiger partial charge < -0.3 is 25.8 Å². The maximum atomic E-state index is 11.7. The van der Waals surface area contributed by atoms with Crippen LogP contribution in [-0.4, -0.2) is 58.9 Å². The van der Waals surface area contributed by atoms with E-state index in [2.05, 4.69) is 15.5 Å². The number of rotatable bonds is 5. The number of hydrogen-bond acceptors (Lipinski definition) is 6. The molecule has 180 valence electrons. The van der Waals surface area contributed by atoms with E-state index in [1.165, 1.54) is 0 Å². The van der Waals surface area contributed by atoms with Crippen molar-refractivity contribution in [2.24, 2.45) is 5.73 Å². The van der Waals surface area contributed by atoms with E-state index in [1.54, 1.807) is 25.7 Å². The van der Waals surface area contributed by atoms with Crippen molar-refractivity contribution in [1.82, 2.24) is 15.7 Å². The molecule has 0 aliphatic carbocycles. The van der Waals surface area contributed by atoms with Gasteiger partial charge in [-0.15, -0.1) is 0 Å². The summed E-state index contributed by atoms with van der Waals surface area (Å²) < 4.78 is 4.58. The van der Waals surface area contributed by atoms with Crippen LogP contribution in [0.4, 0.5) is 9.59 Å². The molecular formula is C22H36N4O6. The highest BCUT2D eigenvalue weighted by Gasteiger charge is 2.41. The second-order valence-corrected chi connectivity index (χ2v) is 8.38. The van der Waals surface area contributed by atoms with Crippen LogP contribution in [0.1, 0.15) is 52.5 Å². The molecule has 1 aromatic rings. The van der Waals surface area contributed by atoms with E-state index in [9.17, 15) is 14.4 Å². The van der Waals surface area contributed by atoms with Gasteiger partial charge in [-0.05, 0) is 45.6 Å². The number of piperidine rings is 1. The third-order valence-corrected chi connectivity index (χ3v) is 4.38. The van der Waals surface area contributed by atoms with Crippen molar-refractivity contribution in [3.8, 4) is 0 Å². The number of nitrogens with two attached hydrogens (primary N) is 1. The first-order valence-electron chi connectivity index (χ1n) is 10.7. The summed E-state index contributed by atoms with van der Waals surface area (Å²) >= 11 is 0. The molecule has 2 aliphatic heterocycles. The first-order valence-corrected chi connectivity index (χ1v) is 10.7. The third kappa shape index (κ3) is 10.5. The van der Waals surface area contributed by atoms with E-state index in [1.807, 2.05) is 37.3 Å². The summed E-state index contributed by atoms with van der Waals surface area (Å²) in [5.41, 5.74) is 7.63. The molecule has 2 bridgehead atoms. The molecule has 2 saturated heterocycles. The van der Waals surface area contributed by atoms with Gasteiger partial charge in [0.15, 0.2) is 0 Å². The molecule has 5 N–H and O–H groups in total. The molecule has 0 radical (unpaired) electrons. The zero-order valence-electron chi connectivity index (χ0n) is 19.3. The number of aliphatic hydroxyl groups excluding tert-OH is 1. The first kappa shape index (κ1) is 27.2. The van der Waals surface area contributed by atoms with E-state index in [0.717, 1.165) is 18.4 Å². The fourth-order valence-corrected chi connectivity index (χ4v) is 3.02. The highest BCUT2D eigenvalue weighted by atomic mass is 16.6. The number of urea groups is 1. The summed E-state index contributed by atoms with van der Waals surface area (Å²) in [5.74, 6) is -0.219. The van der Waals surface area contributed by atoms with Gasteiger partial charge in [0, 0.05) is 12.6 Å². The molecule has 2 atom stereocenters.